The van der Waals surface area contributed by atoms with Crippen LogP contribution in [0, 0.1) is 0 Å². The highest BCUT2D eigenvalue weighted by Crippen LogP contribution is 2.07. The molecule has 15 heavy (non-hydrogen) atoms. The molecule has 0 aromatic heterocycles. The lowest BCUT2D eigenvalue weighted by atomic mass is 10.1. The van der Waals surface area contributed by atoms with Gasteiger partial charge in [-0.3, -0.25) is 4.79 Å². The van der Waals surface area contributed by atoms with Crippen LogP contribution in [0.2, 0.25) is 0 Å². The summed E-state index contributed by atoms with van der Waals surface area (Å²) in [5, 5.41) is 2.60. The zero-order valence-electron chi connectivity index (χ0n) is 8.73. The monoisotopic (exact) mass is 221 g/mol. The van der Waals surface area contributed by atoms with Crippen molar-refractivity contribution in [3.63, 3.8) is 0 Å². The summed E-state index contributed by atoms with van der Waals surface area (Å²) in [6.45, 7) is 0. The summed E-state index contributed by atoms with van der Waals surface area (Å²) in [4.78, 5) is 11.1. The molecular weight excluding hydrogens is 206 g/mol. The van der Waals surface area contributed by atoms with Gasteiger partial charge >= 0.3 is 0 Å². The van der Waals surface area contributed by atoms with Gasteiger partial charge in [0.25, 0.3) is 0 Å². The van der Waals surface area contributed by atoms with Gasteiger partial charge in [-0.25, -0.2) is 0 Å². The number of amides is 1. The SMILES string of the molecule is CNC(=O)Cc1ccc(C=CCS)cc1. The van der Waals surface area contributed by atoms with Crippen LogP contribution in [0.5, 0.6) is 0 Å². The summed E-state index contributed by atoms with van der Waals surface area (Å²) in [5.41, 5.74) is 2.15. The third-order valence-corrected chi connectivity index (χ3v) is 2.25. The van der Waals surface area contributed by atoms with E-state index in [0.29, 0.717) is 6.42 Å². The summed E-state index contributed by atoms with van der Waals surface area (Å²) >= 11 is 4.09. The van der Waals surface area contributed by atoms with Crippen molar-refractivity contribution in [3.05, 3.63) is 41.5 Å². The molecule has 0 unspecified atom stereocenters. The average molecular weight is 221 g/mol. The van der Waals surface area contributed by atoms with Crippen molar-refractivity contribution in [3.8, 4) is 0 Å². The van der Waals surface area contributed by atoms with Crippen molar-refractivity contribution >= 4 is 24.6 Å². The second-order valence-electron chi connectivity index (χ2n) is 3.18. The fourth-order valence-electron chi connectivity index (χ4n) is 1.21. The Bertz CT molecular complexity index is 343. The highest BCUT2D eigenvalue weighted by atomic mass is 32.1. The molecule has 0 saturated heterocycles. The van der Waals surface area contributed by atoms with E-state index in [1.165, 1.54) is 0 Å². The molecule has 0 aliphatic heterocycles. The Balaban J connectivity index is 2.64. The molecule has 1 aromatic carbocycles. The molecule has 0 aliphatic carbocycles. The third-order valence-electron chi connectivity index (χ3n) is 2.04. The number of rotatable bonds is 4. The zero-order chi connectivity index (χ0) is 11.1. The van der Waals surface area contributed by atoms with E-state index < -0.39 is 0 Å². The van der Waals surface area contributed by atoms with Gasteiger partial charge in [0.05, 0.1) is 6.42 Å². The largest absolute Gasteiger partial charge is 0.359 e. The van der Waals surface area contributed by atoms with Crippen LogP contribution in [0.3, 0.4) is 0 Å². The lowest BCUT2D eigenvalue weighted by molar-refractivity contribution is -0.119. The quantitative estimate of drug-likeness (QED) is 0.747. The van der Waals surface area contributed by atoms with Crippen molar-refractivity contribution in [1.29, 1.82) is 0 Å². The van der Waals surface area contributed by atoms with Gasteiger partial charge in [-0.05, 0) is 11.1 Å². The third kappa shape index (κ3) is 4.21. The van der Waals surface area contributed by atoms with Crippen LogP contribution in [0.1, 0.15) is 11.1 Å². The minimum Gasteiger partial charge on any atom is -0.359 e. The Morgan fingerprint density at radius 2 is 2.07 bits per heavy atom. The van der Waals surface area contributed by atoms with E-state index in [-0.39, 0.29) is 5.91 Å². The molecule has 0 heterocycles. The molecule has 1 N–H and O–H groups in total. The van der Waals surface area contributed by atoms with E-state index in [1.54, 1.807) is 7.05 Å². The number of hydrogen-bond donors (Lipinski definition) is 2. The van der Waals surface area contributed by atoms with Crippen molar-refractivity contribution in [2.24, 2.45) is 0 Å². The Morgan fingerprint density at radius 1 is 1.40 bits per heavy atom. The molecule has 0 spiro atoms. The minimum atomic E-state index is 0.0358. The summed E-state index contributed by atoms with van der Waals surface area (Å²) in [6.07, 6.45) is 4.43. The first-order valence-corrected chi connectivity index (χ1v) is 5.46. The maximum absolute atomic E-state index is 11.1. The molecule has 1 rings (SSSR count). The van der Waals surface area contributed by atoms with Crippen LogP contribution >= 0.6 is 12.6 Å². The fourth-order valence-corrected chi connectivity index (χ4v) is 1.31. The van der Waals surface area contributed by atoms with Gasteiger partial charge in [0.2, 0.25) is 5.91 Å². The molecule has 80 valence electrons. The normalized spacial score (nSPS) is 10.5. The van der Waals surface area contributed by atoms with Gasteiger partial charge in [-0.15, -0.1) is 0 Å². The molecule has 0 radical (unpaired) electrons. The predicted octanol–water partition coefficient (Wildman–Crippen LogP) is 1.92. The number of carbonyl (C=O) groups is 1. The molecule has 0 bridgehead atoms. The lowest BCUT2D eigenvalue weighted by Gasteiger charge is -2.00. The number of benzene rings is 1. The number of nitrogens with one attached hydrogen (secondary N) is 1. The van der Waals surface area contributed by atoms with Crippen LogP contribution in [0.15, 0.2) is 30.3 Å². The molecule has 2 nitrogen and oxygen atoms in total. The van der Waals surface area contributed by atoms with Gasteiger partial charge in [0.1, 0.15) is 0 Å². The second-order valence-corrected chi connectivity index (χ2v) is 3.54. The number of likely N-dealkylation sites (N-methyl/N-ethyl adjacent to an activating group) is 1. The van der Waals surface area contributed by atoms with Gasteiger partial charge in [-0.1, -0.05) is 36.4 Å². The van der Waals surface area contributed by atoms with Crippen LogP contribution in [0.25, 0.3) is 6.08 Å². The number of carbonyl (C=O) groups excluding carboxylic acids is 1. The summed E-state index contributed by atoms with van der Waals surface area (Å²) in [7, 11) is 1.64. The smallest absolute Gasteiger partial charge is 0.224 e. The van der Waals surface area contributed by atoms with Gasteiger partial charge in [0.15, 0.2) is 0 Å². The second kappa shape index (κ2) is 6.30. The average Bonchev–Trinajstić information content (AvgIpc) is 2.28. The lowest BCUT2D eigenvalue weighted by Crippen LogP contribution is -2.19. The van der Waals surface area contributed by atoms with E-state index in [4.69, 9.17) is 0 Å². The first-order valence-electron chi connectivity index (χ1n) is 4.83. The van der Waals surface area contributed by atoms with Gasteiger partial charge in [0, 0.05) is 12.8 Å². The predicted molar refractivity (Wildman–Crippen MR) is 67.1 cm³/mol. The summed E-state index contributed by atoms with van der Waals surface area (Å²) in [5.74, 6) is 0.772. The Hall–Kier alpha value is -1.22. The van der Waals surface area contributed by atoms with E-state index >= 15 is 0 Å². The minimum absolute atomic E-state index is 0.0358. The molecule has 1 amide bonds. The summed E-state index contributed by atoms with van der Waals surface area (Å²) in [6, 6.07) is 7.93. The van der Waals surface area contributed by atoms with Crippen molar-refractivity contribution in [2.75, 3.05) is 12.8 Å². The van der Waals surface area contributed by atoms with E-state index in [1.807, 2.05) is 36.4 Å². The van der Waals surface area contributed by atoms with Crippen LogP contribution < -0.4 is 5.32 Å². The van der Waals surface area contributed by atoms with Crippen molar-refractivity contribution in [2.45, 2.75) is 6.42 Å². The highest BCUT2D eigenvalue weighted by Gasteiger charge is 1.99. The van der Waals surface area contributed by atoms with E-state index in [0.717, 1.165) is 16.9 Å². The first kappa shape index (κ1) is 11.9. The number of hydrogen-bond acceptors (Lipinski definition) is 2. The summed E-state index contributed by atoms with van der Waals surface area (Å²) < 4.78 is 0. The molecule has 0 fully saturated rings. The number of thiol groups is 1. The molecule has 0 saturated carbocycles. The Morgan fingerprint density at radius 3 is 2.60 bits per heavy atom. The van der Waals surface area contributed by atoms with Crippen molar-refractivity contribution < 1.29 is 4.79 Å². The van der Waals surface area contributed by atoms with Crippen LogP contribution in [-0.2, 0) is 11.2 Å². The molecule has 3 heteroatoms. The van der Waals surface area contributed by atoms with Crippen LogP contribution in [0.4, 0.5) is 0 Å². The maximum Gasteiger partial charge on any atom is 0.224 e. The standard InChI is InChI=1S/C12H15NOS/c1-13-12(14)9-11-6-4-10(5-7-11)3-2-8-15/h2-7,15H,8-9H2,1H3,(H,13,14). The maximum atomic E-state index is 11.1. The molecule has 0 atom stereocenters. The van der Waals surface area contributed by atoms with Crippen LogP contribution in [-0.4, -0.2) is 18.7 Å². The topological polar surface area (TPSA) is 29.1 Å². The molecular formula is C12H15NOS. The first-order chi connectivity index (χ1) is 7.26. The fraction of sp³-hybridized carbons (Fsp3) is 0.250. The van der Waals surface area contributed by atoms with Gasteiger partial charge < -0.3 is 5.32 Å². The van der Waals surface area contributed by atoms with Crippen molar-refractivity contribution in [1.82, 2.24) is 5.32 Å². The zero-order valence-corrected chi connectivity index (χ0v) is 9.63. The van der Waals surface area contributed by atoms with Gasteiger partial charge in [-0.2, -0.15) is 12.6 Å². The Labute approximate surface area is 95.8 Å². The van der Waals surface area contributed by atoms with E-state index in [2.05, 4.69) is 17.9 Å². The van der Waals surface area contributed by atoms with E-state index in [9.17, 15) is 4.79 Å². The Kier molecular flexibility index (Phi) is 4.98. The highest BCUT2D eigenvalue weighted by molar-refractivity contribution is 7.80. The molecule has 1 aromatic rings. The molecule has 0 aliphatic rings.